The number of amides is 3. The summed E-state index contributed by atoms with van der Waals surface area (Å²) in [4.78, 5) is 42.9. The van der Waals surface area contributed by atoms with Crippen LogP contribution in [0.3, 0.4) is 0 Å². The van der Waals surface area contributed by atoms with Crippen molar-refractivity contribution in [2.75, 3.05) is 26.8 Å². The zero-order valence-corrected chi connectivity index (χ0v) is 19.3. The molecule has 0 spiro atoms. The molecule has 1 aliphatic heterocycles. The minimum absolute atomic E-state index is 0.0722. The van der Waals surface area contributed by atoms with E-state index in [0.29, 0.717) is 36.7 Å². The molecule has 0 aromatic heterocycles. The molecule has 3 rings (SSSR count). The van der Waals surface area contributed by atoms with Crippen LogP contribution >= 0.6 is 11.6 Å². The van der Waals surface area contributed by atoms with Crippen molar-refractivity contribution in [1.82, 2.24) is 9.80 Å². The minimum atomic E-state index is -1.30. The molecule has 1 heterocycles. The third-order valence-corrected chi connectivity index (χ3v) is 6.26. The Kier molecular flexibility index (Phi) is 8.04. The Morgan fingerprint density at radius 3 is 2.47 bits per heavy atom. The topological polar surface area (TPSA) is 66.9 Å². The van der Waals surface area contributed by atoms with E-state index in [9.17, 15) is 14.4 Å². The first-order chi connectivity index (χ1) is 15.4. The van der Waals surface area contributed by atoms with Gasteiger partial charge in [0.1, 0.15) is 0 Å². The summed E-state index contributed by atoms with van der Waals surface area (Å²) in [6, 6.07) is 16.7. The summed E-state index contributed by atoms with van der Waals surface area (Å²) in [6.07, 6.45) is 0.357. The number of imide groups is 1. The highest BCUT2D eigenvalue weighted by molar-refractivity contribution is 6.32. The van der Waals surface area contributed by atoms with Crippen molar-refractivity contribution < 1.29 is 19.1 Å². The quantitative estimate of drug-likeness (QED) is 0.402. The highest BCUT2D eigenvalue weighted by Crippen LogP contribution is 2.43. The van der Waals surface area contributed by atoms with Crippen LogP contribution in [0.25, 0.3) is 0 Å². The van der Waals surface area contributed by atoms with Crippen molar-refractivity contribution in [2.24, 2.45) is 0 Å². The molecule has 32 heavy (non-hydrogen) atoms. The van der Waals surface area contributed by atoms with Gasteiger partial charge in [0.05, 0.1) is 5.41 Å². The van der Waals surface area contributed by atoms with Gasteiger partial charge >= 0.3 is 0 Å². The molecule has 0 N–H and O–H groups in total. The number of methoxy groups -OCH3 is 1. The van der Waals surface area contributed by atoms with Gasteiger partial charge in [-0.2, -0.15) is 0 Å². The van der Waals surface area contributed by atoms with Crippen molar-refractivity contribution >= 4 is 29.3 Å². The van der Waals surface area contributed by atoms with E-state index >= 15 is 0 Å². The number of halogens is 1. The van der Waals surface area contributed by atoms with Crippen LogP contribution in [-0.2, 0) is 31.1 Å². The van der Waals surface area contributed by atoms with E-state index in [4.69, 9.17) is 16.3 Å². The van der Waals surface area contributed by atoms with Crippen LogP contribution < -0.4 is 0 Å². The van der Waals surface area contributed by atoms with Crippen molar-refractivity contribution in [3.05, 3.63) is 70.7 Å². The Bertz CT molecular complexity index is 965. The summed E-state index contributed by atoms with van der Waals surface area (Å²) < 4.78 is 5.06. The lowest BCUT2D eigenvalue weighted by molar-refractivity contribution is -0.143. The lowest BCUT2D eigenvalue weighted by Crippen LogP contribution is -2.43. The standard InChI is InChI=1S/C25H29ClN2O4/c1-3-27(18-19-10-5-4-6-11-19)22(29)16-25(20-12-7-8-13-21(20)26)17-23(30)28(24(25)31)14-9-15-32-2/h4-8,10-13H,3,9,14-18H2,1-2H3/t25-/m1/s1. The Labute approximate surface area is 194 Å². The zero-order chi connectivity index (χ0) is 23.1. The van der Waals surface area contributed by atoms with Gasteiger partial charge in [0.2, 0.25) is 17.7 Å². The molecule has 0 saturated carbocycles. The monoisotopic (exact) mass is 456 g/mol. The molecule has 2 aromatic rings. The van der Waals surface area contributed by atoms with Crippen LogP contribution in [0.15, 0.2) is 54.6 Å². The summed E-state index contributed by atoms with van der Waals surface area (Å²) in [5, 5.41) is 0.381. The first-order valence-electron chi connectivity index (χ1n) is 10.8. The maximum absolute atomic E-state index is 13.6. The molecule has 0 bridgehead atoms. The molecular weight excluding hydrogens is 428 g/mol. The summed E-state index contributed by atoms with van der Waals surface area (Å²) in [7, 11) is 1.58. The molecule has 170 valence electrons. The summed E-state index contributed by atoms with van der Waals surface area (Å²) in [5.41, 5.74) is 0.229. The van der Waals surface area contributed by atoms with Gasteiger partial charge in [-0.05, 0) is 30.5 Å². The number of rotatable bonds is 10. The maximum atomic E-state index is 13.6. The molecule has 1 fully saturated rings. The van der Waals surface area contributed by atoms with E-state index in [0.717, 1.165) is 5.56 Å². The zero-order valence-electron chi connectivity index (χ0n) is 18.6. The van der Waals surface area contributed by atoms with Crippen LogP contribution in [-0.4, -0.2) is 54.3 Å². The molecular formula is C25H29ClN2O4. The van der Waals surface area contributed by atoms with E-state index in [1.807, 2.05) is 37.3 Å². The number of benzene rings is 2. The fourth-order valence-corrected chi connectivity index (χ4v) is 4.55. The Balaban J connectivity index is 1.92. The Hall–Kier alpha value is -2.70. The van der Waals surface area contributed by atoms with E-state index < -0.39 is 5.41 Å². The Morgan fingerprint density at radius 2 is 1.81 bits per heavy atom. The molecule has 3 amide bonds. The molecule has 2 aromatic carbocycles. The number of likely N-dealkylation sites (tertiary alicyclic amines) is 1. The summed E-state index contributed by atoms with van der Waals surface area (Å²) in [6.45, 7) is 3.53. The van der Waals surface area contributed by atoms with Gasteiger partial charge in [-0.3, -0.25) is 19.3 Å². The van der Waals surface area contributed by atoms with E-state index in [-0.39, 0.29) is 37.1 Å². The lowest BCUT2D eigenvalue weighted by Gasteiger charge is -2.31. The number of ether oxygens (including phenoxy) is 1. The van der Waals surface area contributed by atoms with Gasteiger partial charge < -0.3 is 9.64 Å². The first kappa shape index (κ1) is 24.0. The maximum Gasteiger partial charge on any atom is 0.240 e. The summed E-state index contributed by atoms with van der Waals surface area (Å²) >= 11 is 6.48. The number of hydrogen-bond donors (Lipinski definition) is 0. The van der Waals surface area contributed by atoms with Gasteiger partial charge in [0, 0.05) is 51.2 Å². The predicted octanol–water partition coefficient (Wildman–Crippen LogP) is 3.81. The van der Waals surface area contributed by atoms with Gasteiger partial charge in [-0.25, -0.2) is 0 Å². The predicted molar refractivity (Wildman–Crippen MR) is 123 cm³/mol. The normalized spacial score (nSPS) is 18.3. The van der Waals surface area contributed by atoms with E-state index in [1.165, 1.54) is 4.90 Å². The first-order valence-corrected chi connectivity index (χ1v) is 11.2. The highest BCUT2D eigenvalue weighted by atomic mass is 35.5. The van der Waals surface area contributed by atoms with Crippen LogP contribution in [0.5, 0.6) is 0 Å². The highest BCUT2D eigenvalue weighted by Gasteiger charge is 2.54. The molecule has 7 heteroatoms. The van der Waals surface area contributed by atoms with Crippen LogP contribution in [0.2, 0.25) is 5.02 Å². The van der Waals surface area contributed by atoms with Gasteiger partial charge in [-0.15, -0.1) is 0 Å². The largest absolute Gasteiger partial charge is 0.385 e. The van der Waals surface area contributed by atoms with Gasteiger partial charge in [0.15, 0.2) is 0 Å². The molecule has 0 unspecified atom stereocenters. The fourth-order valence-electron chi connectivity index (χ4n) is 4.24. The number of carbonyl (C=O) groups excluding carboxylic acids is 3. The SMILES string of the molecule is CCN(Cc1ccccc1)C(=O)C[C@]1(c2ccccc2Cl)CC(=O)N(CCCOC)C1=O. The number of hydrogen-bond acceptors (Lipinski definition) is 4. The third-order valence-electron chi connectivity index (χ3n) is 5.93. The number of carbonyl (C=O) groups is 3. The van der Waals surface area contributed by atoms with Crippen molar-refractivity contribution in [1.29, 1.82) is 0 Å². The Morgan fingerprint density at radius 1 is 1.12 bits per heavy atom. The molecule has 0 aliphatic carbocycles. The van der Waals surface area contributed by atoms with Crippen LogP contribution in [0.4, 0.5) is 0 Å². The molecule has 1 atom stereocenters. The van der Waals surface area contributed by atoms with Crippen LogP contribution in [0.1, 0.15) is 37.3 Å². The molecule has 1 aliphatic rings. The lowest BCUT2D eigenvalue weighted by atomic mass is 9.75. The smallest absolute Gasteiger partial charge is 0.240 e. The number of nitrogens with zero attached hydrogens (tertiary/aromatic N) is 2. The van der Waals surface area contributed by atoms with Crippen LogP contribution in [0, 0.1) is 0 Å². The second kappa shape index (κ2) is 10.7. The van der Waals surface area contributed by atoms with Crippen molar-refractivity contribution in [3.8, 4) is 0 Å². The molecule has 0 radical (unpaired) electrons. The van der Waals surface area contributed by atoms with E-state index in [1.54, 1.807) is 36.3 Å². The van der Waals surface area contributed by atoms with Crippen molar-refractivity contribution in [2.45, 2.75) is 38.1 Å². The van der Waals surface area contributed by atoms with Gasteiger partial charge in [-0.1, -0.05) is 60.1 Å². The second-order valence-electron chi connectivity index (χ2n) is 8.01. The molecule has 1 saturated heterocycles. The third kappa shape index (κ3) is 5.03. The average molecular weight is 457 g/mol. The summed E-state index contributed by atoms with van der Waals surface area (Å²) in [5.74, 6) is -0.836. The second-order valence-corrected chi connectivity index (χ2v) is 8.41. The molecule has 6 nitrogen and oxygen atoms in total. The van der Waals surface area contributed by atoms with E-state index in [2.05, 4.69) is 0 Å². The van der Waals surface area contributed by atoms with Gasteiger partial charge in [0.25, 0.3) is 0 Å². The fraction of sp³-hybridized carbons (Fsp3) is 0.400. The average Bonchev–Trinajstić information content (AvgIpc) is 3.03. The minimum Gasteiger partial charge on any atom is -0.385 e. The van der Waals surface area contributed by atoms with Crippen molar-refractivity contribution in [3.63, 3.8) is 0 Å².